The molecular formula is C19H37NO. The van der Waals surface area contributed by atoms with Gasteiger partial charge in [0.05, 0.1) is 0 Å². The van der Waals surface area contributed by atoms with E-state index in [1.165, 1.54) is 6.42 Å². The van der Waals surface area contributed by atoms with Gasteiger partial charge in [-0.15, -0.1) is 0 Å². The molecule has 5 unspecified atom stereocenters. The minimum absolute atomic E-state index is 0.186. The summed E-state index contributed by atoms with van der Waals surface area (Å²) in [4.78, 5) is 15.3. The molecule has 1 rings (SSSR count). The Morgan fingerprint density at radius 3 is 1.81 bits per heavy atom. The fourth-order valence-electron chi connectivity index (χ4n) is 4.75. The van der Waals surface area contributed by atoms with Gasteiger partial charge in [-0.25, -0.2) is 0 Å². The highest BCUT2D eigenvalue weighted by Gasteiger charge is 2.50. The Labute approximate surface area is 132 Å². The Bertz CT molecular complexity index is 347. The van der Waals surface area contributed by atoms with Gasteiger partial charge < -0.3 is 4.90 Å². The zero-order valence-corrected chi connectivity index (χ0v) is 15.7. The molecule has 1 aliphatic heterocycles. The predicted molar refractivity (Wildman–Crippen MR) is 91.0 cm³/mol. The third kappa shape index (κ3) is 3.46. The molecule has 0 N–H and O–H groups in total. The maximum Gasteiger partial charge on any atom is 0.226 e. The molecule has 2 nitrogen and oxygen atoms in total. The monoisotopic (exact) mass is 295 g/mol. The molecule has 0 aromatic rings. The van der Waals surface area contributed by atoms with Crippen LogP contribution < -0.4 is 0 Å². The highest BCUT2D eigenvalue weighted by atomic mass is 16.2. The predicted octanol–water partition coefficient (Wildman–Crippen LogP) is 4.83. The van der Waals surface area contributed by atoms with Gasteiger partial charge in [0.25, 0.3) is 0 Å². The highest BCUT2D eigenvalue weighted by molar-refractivity contribution is 5.81. The maximum absolute atomic E-state index is 13.1. The zero-order chi connectivity index (χ0) is 16.5. The second-order valence-electron chi connectivity index (χ2n) is 8.13. The Morgan fingerprint density at radius 1 is 0.952 bits per heavy atom. The van der Waals surface area contributed by atoms with Crippen molar-refractivity contribution in [1.29, 1.82) is 0 Å². The van der Waals surface area contributed by atoms with Crippen molar-refractivity contribution >= 4 is 5.91 Å². The van der Waals surface area contributed by atoms with Gasteiger partial charge in [-0.05, 0) is 50.4 Å². The lowest BCUT2D eigenvalue weighted by atomic mass is 9.61. The van der Waals surface area contributed by atoms with E-state index >= 15 is 0 Å². The van der Waals surface area contributed by atoms with Crippen LogP contribution in [0, 0.1) is 35.5 Å². The van der Waals surface area contributed by atoms with Gasteiger partial charge >= 0.3 is 0 Å². The molecule has 1 saturated heterocycles. The number of piperidine rings is 1. The van der Waals surface area contributed by atoms with E-state index in [-0.39, 0.29) is 5.92 Å². The topological polar surface area (TPSA) is 20.3 Å². The fourth-order valence-corrected chi connectivity index (χ4v) is 4.75. The van der Waals surface area contributed by atoms with Crippen molar-refractivity contribution in [2.45, 2.75) is 80.8 Å². The summed E-state index contributed by atoms with van der Waals surface area (Å²) in [6.07, 6.45) is 1.17. The van der Waals surface area contributed by atoms with Crippen LogP contribution in [-0.2, 0) is 4.79 Å². The highest BCUT2D eigenvalue weighted by Crippen LogP contribution is 2.46. The first-order valence-corrected chi connectivity index (χ1v) is 8.97. The van der Waals surface area contributed by atoms with Crippen LogP contribution in [0.4, 0.5) is 0 Å². The van der Waals surface area contributed by atoms with Crippen LogP contribution in [0.5, 0.6) is 0 Å². The normalized spacial score (nSPS) is 32.4. The van der Waals surface area contributed by atoms with Gasteiger partial charge in [0.2, 0.25) is 5.91 Å². The Balaban J connectivity index is 3.33. The Hall–Kier alpha value is -0.530. The minimum atomic E-state index is 0.186. The molecule has 0 aliphatic carbocycles. The quantitative estimate of drug-likeness (QED) is 0.711. The summed E-state index contributed by atoms with van der Waals surface area (Å²) in [7, 11) is 0. The number of hydrogen-bond acceptors (Lipinski definition) is 1. The van der Waals surface area contributed by atoms with Gasteiger partial charge in [0, 0.05) is 18.0 Å². The number of carbonyl (C=O) groups is 1. The van der Waals surface area contributed by atoms with Gasteiger partial charge in [0.15, 0.2) is 0 Å². The number of hydrogen-bond donors (Lipinski definition) is 0. The summed E-state index contributed by atoms with van der Waals surface area (Å²) >= 11 is 0. The van der Waals surface area contributed by atoms with Gasteiger partial charge in [0.1, 0.15) is 0 Å². The Morgan fingerprint density at radius 2 is 1.48 bits per heavy atom. The van der Waals surface area contributed by atoms with Crippen LogP contribution in [0.15, 0.2) is 0 Å². The van der Waals surface area contributed by atoms with Crippen LogP contribution in [0.25, 0.3) is 0 Å². The van der Waals surface area contributed by atoms with Gasteiger partial charge in [-0.2, -0.15) is 0 Å². The molecule has 1 aliphatic rings. The number of nitrogens with zero attached hydrogens (tertiary/aromatic N) is 1. The number of likely N-dealkylation sites (tertiary alicyclic amines) is 1. The van der Waals surface area contributed by atoms with Crippen LogP contribution in [0.1, 0.15) is 68.7 Å². The van der Waals surface area contributed by atoms with Crippen molar-refractivity contribution in [3.05, 3.63) is 0 Å². The van der Waals surface area contributed by atoms with E-state index in [4.69, 9.17) is 0 Å². The molecule has 0 aromatic carbocycles. The van der Waals surface area contributed by atoms with Crippen molar-refractivity contribution in [1.82, 2.24) is 4.90 Å². The molecular weight excluding hydrogens is 258 g/mol. The van der Waals surface area contributed by atoms with Gasteiger partial charge in [-0.1, -0.05) is 48.0 Å². The molecule has 0 saturated carbocycles. The van der Waals surface area contributed by atoms with E-state index in [1.54, 1.807) is 0 Å². The summed E-state index contributed by atoms with van der Waals surface area (Å²) in [5, 5.41) is 0. The van der Waals surface area contributed by atoms with Crippen molar-refractivity contribution in [3.8, 4) is 0 Å². The largest absolute Gasteiger partial charge is 0.337 e. The van der Waals surface area contributed by atoms with Crippen molar-refractivity contribution in [2.24, 2.45) is 35.5 Å². The van der Waals surface area contributed by atoms with Crippen molar-refractivity contribution in [2.75, 3.05) is 0 Å². The first-order chi connectivity index (χ1) is 9.64. The summed E-state index contributed by atoms with van der Waals surface area (Å²) in [6.45, 7) is 20.3. The fraction of sp³-hybridized carbons (Fsp3) is 0.947. The summed E-state index contributed by atoms with van der Waals surface area (Å²) in [5.41, 5.74) is 0. The van der Waals surface area contributed by atoms with Crippen molar-refractivity contribution < 1.29 is 4.79 Å². The van der Waals surface area contributed by atoms with Crippen molar-refractivity contribution in [3.63, 3.8) is 0 Å². The molecule has 1 fully saturated rings. The summed E-state index contributed by atoms with van der Waals surface area (Å²) in [6, 6.07) is 0.652. The maximum atomic E-state index is 13.1. The van der Waals surface area contributed by atoms with E-state index in [1.807, 2.05) is 0 Å². The molecule has 0 aromatic heterocycles. The lowest BCUT2D eigenvalue weighted by Gasteiger charge is -2.54. The molecule has 1 amide bonds. The lowest BCUT2D eigenvalue weighted by Crippen LogP contribution is -2.61. The lowest BCUT2D eigenvalue weighted by molar-refractivity contribution is -0.159. The average molecular weight is 296 g/mol. The first-order valence-electron chi connectivity index (χ1n) is 8.97. The standard InChI is InChI=1S/C19H37NO/c1-10-14(8)18-16(11(2)3)15(9)20(13(6)7)19(21)17(18)12(4)5/h11-18H,10H2,1-9H3. The summed E-state index contributed by atoms with van der Waals surface area (Å²) in [5.74, 6) is 3.37. The van der Waals surface area contributed by atoms with Gasteiger partial charge in [-0.3, -0.25) is 4.79 Å². The number of rotatable bonds is 5. The van der Waals surface area contributed by atoms with Crippen LogP contribution in [0.3, 0.4) is 0 Å². The minimum Gasteiger partial charge on any atom is -0.337 e. The molecule has 2 heteroatoms. The molecule has 1 heterocycles. The molecule has 21 heavy (non-hydrogen) atoms. The van der Waals surface area contributed by atoms with E-state index in [0.717, 1.165) is 0 Å². The zero-order valence-electron chi connectivity index (χ0n) is 15.7. The third-order valence-corrected chi connectivity index (χ3v) is 5.74. The average Bonchev–Trinajstić information content (AvgIpc) is 2.35. The Kier molecular flexibility index (Phi) is 6.31. The SMILES string of the molecule is CCC(C)C1C(C(C)C)C(=O)N(C(C)C)C(C)C1C(C)C. The summed E-state index contributed by atoms with van der Waals surface area (Å²) < 4.78 is 0. The molecule has 124 valence electrons. The molecule has 0 spiro atoms. The first kappa shape index (κ1) is 18.5. The molecule has 0 radical (unpaired) electrons. The van der Waals surface area contributed by atoms with Crippen LogP contribution >= 0.6 is 0 Å². The third-order valence-electron chi connectivity index (χ3n) is 5.74. The number of carbonyl (C=O) groups excluding carboxylic acids is 1. The molecule has 5 atom stereocenters. The second-order valence-corrected chi connectivity index (χ2v) is 8.13. The van der Waals surface area contributed by atoms with Crippen LogP contribution in [-0.4, -0.2) is 22.9 Å². The number of amides is 1. The van der Waals surface area contributed by atoms with E-state index in [0.29, 0.717) is 47.6 Å². The van der Waals surface area contributed by atoms with Crippen LogP contribution in [0.2, 0.25) is 0 Å². The van der Waals surface area contributed by atoms with E-state index in [2.05, 4.69) is 67.2 Å². The van der Waals surface area contributed by atoms with E-state index < -0.39 is 0 Å². The molecule has 0 bridgehead atoms. The van der Waals surface area contributed by atoms with E-state index in [9.17, 15) is 4.79 Å². The smallest absolute Gasteiger partial charge is 0.226 e. The second kappa shape index (κ2) is 7.15.